The highest BCUT2D eigenvalue weighted by molar-refractivity contribution is 6.24. The standard InChI is InChI=1S/C15H14Cl2F5NO4/c1-5(2)9(16)6-7(12(24)26-3)10(14(17,18)19)23-11(15(20,21)22)8(6)13(25)27-4/h5,9H,1-4H3. The Labute approximate surface area is 160 Å². The molecule has 0 saturated carbocycles. The smallest absolute Gasteiger partial charge is 0.434 e. The lowest BCUT2D eigenvalue weighted by molar-refractivity contribution is -0.142. The maximum atomic E-state index is 13.8. The molecule has 1 atom stereocenters. The Kier molecular flexibility index (Phi) is 7.04. The van der Waals surface area contributed by atoms with Crippen molar-refractivity contribution in [2.45, 2.75) is 30.8 Å². The number of hydrogen-bond donors (Lipinski definition) is 0. The zero-order valence-electron chi connectivity index (χ0n) is 14.4. The van der Waals surface area contributed by atoms with Gasteiger partial charge in [-0.2, -0.15) is 22.0 Å². The largest absolute Gasteiger partial charge is 0.465 e. The third kappa shape index (κ3) is 4.78. The molecule has 0 spiro atoms. The third-order valence-corrected chi connectivity index (χ3v) is 4.31. The van der Waals surface area contributed by atoms with Crippen LogP contribution in [-0.4, -0.2) is 31.1 Å². The second-order valence-corrected chi connectivity index (χ2v) is 6.54. The highest BCUT2D eigenvalue weighted by atomic mass is 35.5. The van der Waals surface area contributed by atoms with Crippen LogP contribution in [0.15, 0.2) is 0 Å². The van der Waals surface area contributed by atoms with E-state index >= 15 is 0 Å². The molecule has 0 amide bonds. The molecule has 0 aliphatic heterocycles. The first kappa shape index (κ1) is 23.4. The van der Waals surface area contributed by atoms with Crippen molar-refractivity contribution in [2.75, 3.05) is 14.2 Å². The number of carbonyl (C=O) groups is 2. The van der Waals surface area contributed by atoms with Gasteiger partial charge in [0, 0.05) is 5.56 Å². The summed E-state index contributed by atoms with van der Waals surface area (Å²) in [4.78, 5) is 27.0. The van der Waals surface area contributed by atoms with Crippen LogP contribution < -0.4 is 0 Å². The van der Waals surface area contributed by atoms with Gasteiger partial charge in [-0.1, -0.05) is 13.8 Å². The van der Waals surface area contributed by atoms with Crippen LogP contribution in [0.4, 0.5) is 22.0 Å². The van der Waals surface area contributed by atoms with E-state index < -0.39 is 62.9 Å². The maximum Gasteiger partial charge on any atom is 0.434 e. The number of ether oxygens (including phenoxy) is 2. The van der Waals surface area contributed by atoms with Crippen LogP contribution in [0.3, 0.4) is 0 Å². The van der Waals surface area contributed by atoms with E-state index in [1.807, 2.05) is 0 Å². The first-order valence-electron chi connectivity index (χ1n) is 7.21. The lowest BCUT2D eigenvalue weighted by Gasteiger charge is -2.25. The van der Waals surface area contributed by atoms with Crippen molar-refractivity contribution in [3.63, 3.8) is 0 Å². The summed E-state index contributed by atoms with van der Waals surface area (Å²) in [6, 6.07) is 0. The number of alkyl halides is 7. The second-order valence-electron chi connectivity index (χ2n) is 5.60. The van der Waals surface area contributed by atoms with Gasteiger partial charge in [0.1, 0.15) is 5.69 Å². The van der Waals surface area contributed by atoms with Crippen LogP contribution in [0, 0.1) is 5.92 Å². The monoisotopic (exact) mass is 437 g/mol. The van der Waals surface area contributed by atoms with E-state index in [-0.39, 0.29) is 0 Å². The topological polar surface area (TPSA) is 65.5 Å². The Bertz CT molecular complexity index is 695. The lowest BCUT2D eigenvalue weighted by Crippen LogP contribution is -2.28. The summed E-state index contributed by atoms with van der Waals surface area (Å²) in [6.07, 6.45) is -5.35. The highest BCUT2D eigenvalue weighted by Crippen LogP contribution is 2.45. The summed E-state index contributed by atoms with van der Waals surface area (Å²) in [6.45, 7) is 2.87. The van der Waals surface area contributed by atoms with Crippen molar-refractivity contribution in [3.8, 4) is 0 Å². The molecule has 0 aliphatic carbocycles. The molecule has 27 heavy (non-hydrogen) atoms. The van der Waals surface area contributed by atoms with Crippen molar-refractivity contribution in [1.29, 1.82) is 0 Å². The molecule has 0 bridgehead atoms. The van der Waals surface area contributed by atoms with Crippen LogP contribution in [0.1, 0.15) is 56.9 Å². The van der Waals surface area contributed by atoms with Crippen LogP contribution in [0.5, 0.6) is 0 Å². The van der Waals surface area contributed by atoms with Gasteiger partial charge in [0.25, 0.3) is 0 Å². The van der Waals surface area contributed by atoms with E-state index in [4.69, 9.17) is 23.2 Å². The molecule has 1 rings (SSSR count). The molecule has 1 aromatic heterocycles. The Hall–Kier alpha value is -1.68. The maximum absolute atomic E-state index is 13.8. The number of rotatable bonds is 5. The minimum Gasteiger partial charge on any atom is -0.465 e. The number of halogens is 7. The number of carbonyl (C=O) groups excluding carboxylic acids is 2. The molecule has 0 fully saturated rings. The SMILES string of the molecule is COC(=O)c1c(C(F)(F)F)nc(C(F)(F)Cl)c(C(=O)OC)c1C(Cl)C(C)C. The predicted octanol–water partition coefficient (Wildman–Crippen LogP) is 4.90. The molecule has 0 aliphatic rings. The summed E-state index contributed by atoms with van der Waals surface area (Å²) in [5.74, 6) is -3.73. The molecule has 12 heteroatoms. The van der Waals surface area contributed by atoms with Crippen molar-refractivity contribution in [3.05, 3.63) is 28.1 Å². The van der Waals surface area contributed by atoms with Crippen LogP contribution in [0.2, 0.25) is 0 Å². The molecule has 1 unspecified atom stereocenters. The summed E-state index contributed by atoms with van der Waals surface area (Å²) in [5.41, 5.74) is -6.96. The number of hydrogen-bond acceptors (Lipinski definition) is 5. The second kappa shape index (κ2) is 8.14. The first-order chi connectivity index (χ1) is 12.2. The minimum atomic E-state index is -5.35. The molecule has 5 nitrogen and oxygen atoms in total. The molecule has 1 aromatic rings. The molecule has 152 valence electrons. The summed E-state index contributed by atoms with van der Waals surface area (Å²) >= 11 is 11.0. The van der Waals surface area contributed by atoms with Gasteiger partial charge in [0.2, 0.25) is 0 Å². The quantitative estimate of drug-likeness (QED) is 0.372. The van der Waals surface area contributed by atoms with Crippen LogP contribution in [-0.2, 0) is 21.0 Å². The fraction of sp³-hybridized carbons (Fsp3) is 0.533. The Balaban J connectivity index is 4.28. The summed E-state index contributed by atoms with van der Waals surface area (Å²) < 4.78 is 76.7. The van der Waals surface area contributed by atoms with E-state index in [1.165, 1.54) is 13.8 Å². The lowest BCUT2D eigenvalue weighted by atomic mass is 9.90. The van der Waals surface area contributed by atoms with E-state index in [9.17, 15) is 31.5 Å². The fourth-order valence-electron chi connectivity index (χ4n) is 2.24. The molecule has 0 N–H and O–H groups in total. The molecule has 0 radical (unpaired) electrons. The molecule has 0 aromatic carbocycles. The van der Waals surface area contributed by atoms with Gasteiger partial charge in [-0.05, 0) is 17.5 Å². The third-order valence-electron chi connectivity index (χ3n) is 3.41. The van der Waals surface area contributed by atoms with Gasteiger partial charge in [-0.15, -0.1) is 11.6 Å². The number of esters is 2. The minimum absolute atomic E-state index is 0.682. The molecular weight excluding hydrogens is 424 g/mol. The average Bonchev–Trinajstić information content (AvgIpc) is 2.55. The van der Waals surface area contributed by atoms with E-state index in [0.717, 1.165) is 14.2 Å². The number of aromatic nitrogens is 1. The zero-order valence-corrected chi connectivity index (χ0v) is 15.9. The van der Waals surface area contributed by atoms with Gasteiger partial charge in [-0.25, -0.2) is 14.6 Å². The van der Waals surface area contributed by atoms with Crippen molar-refractivity contribution in [2.24, 2.45) is 5.92 Å². The van der Waals surface area contributed by atoms with Gasteiger partial charge >= 0.3 is 23.5 Å². The van der Waals surface area contributed by atoms with E-state index in [0.29, 0.717) is 0 Å². The fourth-order valence-corrected chi connectivity index (χ4v) is 2.60. The number of nitrogens with zero attached hydrogens (tertiary/aromatic N) is 1. The number of pyridine rings is 1. The normalized spacial score (nSPS) is 13.5. The van der Waals surface area contributed by atoms with E-state index in [1.54, 1.807) is 0 Å². The Morgan fingerprint density at radius 2 is 1.37 bits per heavy atom. The Morgan fingerprint density at radius 1 is 0.963 bits per heavy atom. The van der Waals surface area contributed by atoms with Gasteiger partial charge in [0.15, 0.2) is 5.69 Å². The molecule has 1 heterocycles. The van der Waals surface area contributed by atoms with Crippen LogP contribution >= 0.6 is 23.2 Å². The molecule has 0 saturated heterocycles. The number of methoxy groups -OCH3 is 2. The van der Waals surface area contributed by atoms with E-state index in [2.05, 4.69) is 14.5 Å². The molecular formula is C15H14Cl2F5NO4. The van der Waals surface area contributed by atoms with Crippen molar-refractivity contribution >= 4 is 35.1 Å². The highest BCUT2D eigenvalue weighted by Gasteiger charge is 2.47. The van der Waals surface area contributed by atoms with Gasteiger partial charge in [-0.3, -0.25) is 0 Å². The van der Waals surface area contributed by atoms with Crippen LogP contribution in [0.25, 0.3) is 0 Å². The zero-order chi connectivity index (χ0) is 21.3. The average molecular weight is 438 g/mol. The summed E-state index contributed by atoms with van der Waals surface area (Å²) in [5, 5.41) is -5.96. The van der Waals surface area contributed by atoms with Crippen molar-refractivity contribution in [1.82, 2.24) is 4.98 Å². The first-order valence-corrected chi connectivity index (χ1v) is 8.02. The predicted molar refractivity (Wildman–Crippen MR) is 85.1 cm³/mol. The van der Waals surface area contributed by atoms with Crippen molar-refractivity contribution < 1.29 is 41.0 Å². The summed E-state index contributed by atoms with van der Waals surface area (Å²) in [7, 11) is 1.57. The Morgan fingerprint density at radius 3 is 1.67 bits per heavy atom. The van der Waals surface area contributed by atoms with Gasteiger partial charge < -0.3 is 9.47 Å². The van der Waals surface area contributed by atoms with Gasteiger partial charge in [0.05, 0.1) is 30.7 Å².